The molecule has 1 aromatic rings. The topological polar surface area (TPSA) is 79.0 Å². The van der Waals surface area contributed by atoms with Crippen LogP contribution in [0.4, 0.5) is 0 Å². The fraction of sp³-hybridized carbons (Fsp3) is 0.682. The van der Waals surface area contributed by atoms with Crippen LogP contribution in [0.15, 0.2) is 29.2 Å². The highest BCUT2D eigenvalue weighted by molar-refractivity contribution is 7.89. The zero-order chi connectivity index (χ0) is 21.6. The molecule has 0 aromatic heterocycles. The van der Waals surface area contributed by atoms with Gasteiger partial charge < -0.3 is 15.0 Å². The Bertz CT molecular complexity index is 791. The van der Waals surface area contributed by atoms with Crippen molar-refractivity contribution < 1.29 is 17.9 Å². The molecule has 2 saturated heterocycles. The highest BCUT2D eigenvalue weighted by atomic mass is 32.2. The highest BCUT2D eigenvalue weighted by Crippen LogP contribution is 2.25. The first-order valence-corrected chi connectivity index (χ1v) is 12.5. The molecule has 2 atom stereocenters. The zero-order valence-electron chi connectivity index (χ0n) is 18.2. The summed E-state index contributed by atoms with van der Waals surface area (Å²) < 4.78 is 32.5. The average Bonchev–Trinajstić information content (AvgIpc) is 2.78. The van der Waals surface area contributed by atoms with E-state index in [1.54, 1.807) is 31.4 Å². The zero-order valence-corrected chi connectivity index (χ0v) is 19.0. The minimum Gasteiger partial charge on any atom is -0.497 e. The minimum absolute atomic E-state index is 0.0323. The molecule has 0 radical (unpaired) electrons. The Morgan fingerprint density at radius 3 is 2.50 bits per heavy atom. The van der Waals surface area contributed by atoms with Crippen LogP contribution < -0.4 is 10.1 Å². The molecule has 2 fully saturated rings. The molecule has 0 saturated carbocycles. The predicted octanol–water partition coefficient (Wildman–Crippen LogP) is 2.33. The molecule has 0 spiro atoms. The molecule has 1 amide bonds. The number of nitrogens with one attached hydrogen (secondary N) is 1. The number of sulfonamides is 1. The summed E-state index contributed by atoms with van der Waals surface area (Å²) in [6, 6.07) is 6.40. The number of carbonyl (C=O) groups excluding carboxylic acids is 1. The Morgan fingerprint density at radius 2 is 1.83 bits per heavy atom. The van der Waals surface area contributed by atoms with Crippen molar-refractivity contribution in [2.24, 2.45) is 11.8 Å². The first kappa shape index (κ1) is 23.0. The highest BCUT2D eigenvalue weighted by Gasteiger charge is 2.33. The number of amides is 1. The summed E-state index contributed by atoms with van der Waals surface area (Å²) >= 11 is 0. The summed E-state index contributed by atoms with van der Waals surface area (Å²) in [5, 5.41) is 3.06. The van der Waals surface area contributed by atoms with E-state index in [0.29, 0.717) is 31.2 Å². The van der Waals surface area contributed by atoms with E-state index in [-0.39, 0.29) is 23.3 Å². The maximum atomic E-state index is 13.0. The number of rotatable bonds is 8. The average molecular weight is 438 g/mol. The van der Waals surface area contributed by atoms with Gasteiger partial charge in [-0.2, -0.15) is 4.31 Å². The number of piperidine rings is 2. The van der Waals surface area contributed by atoms with Crippen LogP contribution in [0, 0.1) is 11.8 Å². The molecular formula is C22H35N3O4S. The van der Waals surface area contributed by atoms with Crippen LogP contribution in [0.1, 0.15) is 39.0 Å². The fourth-order valence-electron chi connectivity index (χ4n) is 4.34. The monoisotopic (exact) mass is 437 g/mol. The molecular weight excluding hydrogens is 402 g/mol. The van der Waals surface area contributed by atoms with Crippen LogP contribution in [-0.4, -0.2) is 69.9 Å². The minimum atomic E-state index is -3.61. The summed E-state index contributed by atoms with van der Waals surface area (Å²) in [6.07, 6.45) is 5.26. The van der Waals surface area contributed by atoms with Crippen molar-refractivity contribution in [2.75, 3.05) is 46.4 Å². The van der Waals surface area contributed by atoms with Crippen LogP contribution in [0.5, 0.6) is 5.75 Å². The van der Waals surface area contributed by atoms with Gasteiger partial charge in [-0.25, -0.2) is 8.42 Å². The molecule has 1 aromatic carbocycles. The molecule has 0 bridgehead atoms. The molecule has 30 heavy (non-hydrogen) atoms. The second-order valence-electron chi connectivity index (χ2n) is 8.59. The molecule has 7 nitrogen and oxygen atoms in total. The lowest BCUT2D eigenvalue weighted by Crippen LogP contribution is -2.46. The summed E-state index contributed by atoms with van der Waals surface area (Å²) in [5.74, 6) is 0.669. The Balaban J connectivity index is 1.52. The van der Waals surface area contributed by atoms with Gasteiger partial charge in [-0.1, -0.05) is 13.3 Å². The molecule has 2 aliphatic heterocycles. The molecule has 1 N–H and O–H groups in total. The predicted molar refractivity (Wildman–Crippen MR) is 117 cm³/mol. The number of likely N-dealkylation sites (tertiary alicyclic amines) is 1. The summed E-state index contributed by atoms with van der Waals surface area (Å²) in [4.78, 5) is 15.4. The van der Waals surface area contributed by atoms with Gasteiger partial charge in [-0.3, -0.25) is 4.79 Å². The number of hydrogen-bond acceptors (Lipinski definition) is 5. The quantitative estimate of drug-likeness (QED) is 0.675. The lowest BCUT2D eigenvalue weighted by Gasteiger charge is -2.32. The summed E-state index contributed by atoms with van der Waals surface area (Å²) in [7, 11) is -2.07. The molecule has 0 aliphatic carbocycles. The maximum absolute atomic E-state index is 13.0. The van der Waals surface area contributed by atoms with Crippen LogP contribution in [0.3, 0.4) is 0 Å². The van der Waals surface area contributed by atoms with Gasteiger partial charge in [0.15, 0.2) is 0 Å². The standard InChI is InChI=1S/C22H35N3O4S/c1-18(16-24-12-4-3-5-13-24)15-23-22(26)19-7-6-14-25(17-19)30(27,28)21-10-8-20(29-2)9-11-21/h8-11,18-19H,3-7,12-17H2,1-2H3,(H,23,26). The molecule has 168 valence electrons. The van der Waals surface area contributed by atoms with Crippen LogP contribution in [0.25, 0.3) is 0 Å². The van der Waals surface area contributed by atoms with E-state index in [9.17, 15) is 13.2 Å². The van der Waals surface area contributed by atoms with Gasteiger partial charge in [0.05, 0.1) is 17.9 Å². The van der Waals surface area contributed by atoms with Gasteiger partial charge >= 0.3 is 0 Å². The van der Waals surface area contributed by atoms with E-state index in [0.717, 1.165) is 26.1 Å². The Hall–Kier alpha value is -1.64. The first-order chi connectivity index (χ1) is 14.4. The van der Waals surface area contributed by atoms with Gasteiger partial charge in [-0.15, -0.1) is 0 Å². The normalized spacial score (nSPS) is 22.4. The Labute approximate surface area is 180 Å². The first-order valence-electron chi connectivity index (χ1n) is 11.0. The van der Waals surface area contributed by atoms with Gasteiger partial charge in [0.1, 0.15) is 5.75 Å². The molecule has 2 aliphatic rings. The van der Waals surface area contributed by atoms with Gasteiger partial charge in [0.2, 0.25) is 15.9 Å². The van der Waals surface area contributed by atoms with Gasteiger partial charge in [0, 0.05) is 26.2 Å². The molecule has 2 heterocycles. The third-order valence-corrected chi connectivity index (χ3v) is 7.97. The largest absolute Gasteiger partial charge is 0.497 e. The second kappa shape index (κ2) is 10.6. The number of methoxy groups -OCH3 is 1. The second-order valence-corrected chi connectivity index (χ2v) is 10.5. The number of benzene rings is 1. The van der Waals surface area contributed by atoms with Crippen molar-refractivity contribution in [3.05, 3.63) is 24.3 Å². The Morgan fingerprint density at radius 1 is 1.13 bits per heavy atom. The molecule has 8 heteroatoms. The van der Waals surface area contributed by atoms with E-state index >= 15 is 0 Å². The lowest BCUT2D eigenvalue weighted by atomic mass is 9.98. The lowest BCUT2D eigenvalue weighted by molar-refractivity contribution is -0.126. The maximum Gasteiger partial charge on any atom is 0.243 e. The third-order valence-electron chi connectivity index (χ3n) is 6.10. The van der Waals surface area contributed by atoms with Crippen molar-refractivity contribution in [1.82, 2.24) is 14.5 Å². The van der Waals surface area contributed by atoms with Crippen LogP contribution in [-0.2, 0) is 14.8 Å². The number of hydrogen-bond donors (Lipinski definition) is 1. The summed E-state index contributed by atoms with van der Waals surface area (Å²) in [6.45, 7) is 6.79. The van der Waals surface area contributed by atoms with Crippen molar-refractivity contribution in [2.45, 2.75) is 43.9 Å². The van der Waals surface area contributed by atoms with E-state index in [1.165, 1.54) is 23.6 Å². The van der Waals surface area contributed by atoms with Crippen LogP contribution in [0.2, 0.25) is 0 Å². The smallest absolute Gasteiger partial charge is 0.243 e. The third kappa shape index (κ3) is 5.95. The summed E-state index contributed by atoms with van der Waals surface area (Å²) in [5.41, 5.74) is 0. The SMILES string of the molecule is COc1ccc(S(=O)(=O)N2CCCC(C(=O)NCC(C)CN3CCCCC3)C2)cc1. The van der Waals surface area contributed by atoms with Crippen molar-refractivity contribution in [3.8, 4) is 5.75 Å². The number of carbonyl (C=O) groups is 1. The van der Waals surface area contributed by atoms with Crippen LogP contribution >= 0.6 is 0 Å². The van der Waals surface area contributed by atoms with E-state index in [2.05, 4.69) is 17.1 Å². The van der Waals surface area contributed by atoms with E-state index in [4.69, 9.17) is 4.74 Å². The van der Waals surface area contributed by atoms with E-state index < -0.39 is 10.0 Å². The van der Waals surface area contributed by atoms with Gasteiger partial charge in [-0.05, 0) is 69.0 Å². The molecule has 2 unspecified atom stereocenters. The van der Waals surface area contributed by atoms with Crippen molar-refractivity contribution >= 4 is 15.9 Å². The Kier molecular flexibility index (Phi) is 8.13. The van der Waals surface area contributed by atoms with Gasteiger partial charge in [0.25, 0.3) is 0 Å². The fourth-order valence-corrected chi connectivity index (χ4v) is 5.86. The number of ether oxygens (including phenoxy) is 1. The molecule has 3 rings (SSSR count). The number of nitrogens with zero attached hydrogens (tertiary/aromatic N) is 2. The van der Waals surface area contributed by atoms with Crippen molar-refractivity contribution in [3.63, 3.8) is 0 Å². The van der Waals surface area contributed by atoms with Crippen molar-refractivity contribution in [1.29, 1.82) is 0 Å². The van der Waals surface area contributed by atoms with E-state index in [1.807, 2.05) is 0 Å².